The van der Waals surface area contributed by atoms with Gasteiger partial charge in [-0.3, -0.25) is 10.1 Å². The summed E-state index contributed by atoms with van der Waals surface area (Å²) in [6.07, 6.45) is 2.42. The molecular formula is C12H15BrFN3O2. The van der Waals surface area contributed by atoms with Crippen LogP contribution in [0.15, 0.2) is 16.6 Å². The van der Waals surface area contributed by atoms with E-state index in [4.69, 9.17) is 0 Å². The van der Waals surface area contributed by atoms with Crippen molar-refractivity contribution in [1.82, 2.24) is 4.90 Å². The zero-order valence-electron chi connectivity index (χ0n) is 10.4. The van der Waals surface area contributed by atoms with Crippen LogP contribution in [-0.2, 0) is 0 Å². The lowest BCUT2D eigenvalue weighted by molar-refractivity contribution is -0.384. The molecule has 0 atom stereocenters. The van der Waals surface area contributed by atoms with Gasteiger partial charge in [0.05, 0.1) is 15.5 Å². The summed E-state index contributed by atoms with van der Waals surface area (Å²) in [5.41, 5.74) is 0.111. The van der Waals surface area contributed by atoms with Gasteiger partial charge in [-0.05, 0) is 47.9 Å². The topological polar surface area (TPSA) is 58.4 Å². The maximum atomic E-state index is 13.3. The summed E-state index contributed by atoms with van der Waals surface area (Å²) in [5.74, 6) is -0.628. The minimum atomic E-state index is -0.628. The summed E-state index contributed by atoms with van der Waals surface area (Å²) in [6, 6.07) is 2.35. The van der Waals surface area contributed by atoms with Crippen LogP contribution in [-0.4, -0.2) is 36.0 Å². The number of halogens is 2. The standard InChI is InChI=1S/C12H15BrFN3O2/c13-9-7-11(12(17(18)19)8-10(9)14)15-3-6-16-4-1-2-5-16/h7-8,15H,1-6H2. The van der Waals surface area contributed by atoms with Crippen molar-refractivity contribution in [3.63, 3.8) is 0 Å². The molecule has 1 N–H and O–H groups in total. The highest BCUT2D eigenvalue weighted by atomic mass is 79.9. The normalized spacial score (nSPS) is 15.7. The van der Waals surface area contributed by atoms with Gasteiger partial charge in [0.25, 0.3) is 5.69 Å². The summed E-state index contributed by atoms with van der Waals surface area (Å²) >= 11 is 3.04. The second kappa shape index (κ2) is 6.29. The molecule has 1 aromatic rings. The van der Waals surface area contributed by atoms with Crippen molar-refractivity contribution >= 4 is 27.3 Å². The molecule has 1 heterocycles. The molecule has 19 heavy (non-hydrogen) atoms. The summed E-state index contributed by atoms with van der Waals surface area (Å²) in [4.78, 5) is 12.6. The van der Waals surface area contributed by atoms with E-state index in [0.717, 1.165) is 25.7 Å². The van der Waals surface area contributed by atoms with Gasteiger partial charge in [0.15, 0.2) is 0 Å². The molecule has 0 unspecified atom stereocenters. The fourth-order valence-corrected chi connectivity index (χ4v) is 2.53. The van der Waals surface area contributed by atoms with E-state index in [2.05, 4.69) is 26.1 Å². The molecule has 0 amide bonds. The van der Waals surface area contributed by atoms with Crippen molar-refractivity contribution in [1.29, 1.82) is 0 Å². The Hall–Kier alpha value is -1.21. The first-order chi connectivity index (χ1) is 9.08. The highest BCUT2D eigenvalue weighted by Gasteiger charge is 2.18. The van der Waals surface area contributed by atoms with Crippen molar-refractivity contribution in [3.8, 4) is 0 Å². The van der Waals surface area contributed by atoms with Crippen LogP contribution in [0.3, 0.4) is 0 Å². The molecule has 0 spiro atoms. The number of nitrogens with zero attached hydrogens (tertiary/aromatic N) is 2. The fraction of sp³-hybridized carbons (Fsp3) is 0.500. The van der Waals surface area contributed by atoms with Crippen LogP contribution in [0, 0.1) is 15.9 Å². The van der Waals surface area contributed by atoms with Crippen molar-refractivity contribution in [2.24, 2.45) is 0 Å². The number of hydrogen-bond donors (Lipinski definition) is 1. The van der Waals surface area contributed by atoms with Crippen molar-refractivity contribution < 1.29 is 9.31 Å². The highest BCUT2D eigenvalue weighted by molar-refractivity contribution is 9.10. The first kappa shape index (κ1) is 14.2. The average Bonchev–Trinajstić information content (AvgIpc) is 2.86. The largest absolute Gasteiger partial charge is 0.378 e. The minimum Gasteiger partial charge on any atom is -0.378 e. The first-order valence-corrected chi connectivity index (χ1v) is 6.97. The third-order valence-corrected chi connectivity index (χ3v) is 3.79. The van der Waals surface area contributed by atoms with E-state index >= 15 is 0 Å². The molecular weight excluding hydrogens is 317 g/mol. The molecule has 0 aromatic heterocycles. The second-order valence-corrected chi connectivity index (χ2v) is 5.37. The zero-order chi connectivity index (χ0) is 13.8. The Kier molecular flexibility index (Phi) is 4.71. The van der Waals surface area contributed by atoms with Gasteiger partial charge < -0.3 is 10.2 Å². The van der Waals surface area contributed by atoms with Gasteiger partial charge in [-0.25, -0.2) is 4.39 Å². The smallest absolute Gasteiger partial charge is 0.295 e. The summed E-state index contributed by atoms with van der Waals surface area (Å²) in [5, 5.41) is 13.9. The Morgan fingerprint density at radius 1 is 1.42 bits per heavy atom. The molecule has 1 aromatic carbocycles. The second-order valence-electron chi connectivity index (χ2n) is 4.52. The van der Waals surface area contributed by atoms with Crippen molar-refractivity contribution in [3.05, 3.63) is 32.5 Å². The van der Waals surface area contributed by atoms with Gasteiger partial charge in [0.1, 0.15) is 11.5 Å². The van der Waals surface area contributed by atoms with E-state index in [9.17, 15) is 14.5 Å². The summed E-state index contributed by atoms with van der Waals surface area (Å²) in [7, 11) is 0. The van der Waals surface area contributed by atoms with E-state index in [-0.39, 0.29) is 10.2 Å². The molecule has 0 aliphatic carbocycles. The zero-order valence-corrected chi connectivity index (χ0v) is 12.0. The minimum absolute atomic E-state index is 0.224. The quantitative estimate of drug-likeness (QED) is 0.665. The van der Waals surface area contributed by atoms with Crippen LogP contribution in [0.5, 0.6) is 0 Å². The van der Waals surface area contributed by atoms with E-state index < -0.39 is 10.7 Å². The number of nitrogens with one attached hydrogen (secondary N) is 1. The summed E-state index contributed by atoms with van der Waals surface area (Å²) in [6.45, 7) is 3.61. The van der Waals surface area contributed by atoms with Crippen LogP contribution in [0.1, 0.15) is 12.8 Å². The lowest BCUT2D eigenvalue weighted by atomic mass is 10.2. The van der Waals surface area contributed by atoms with E-state index in [1.165, 1.54) is 18.9 Å². The lowest BCUT2D eigenvalue weighted by Crippen LogP contribution is -2.26. The maximum absolute atomic E-state index is 13.3. The number of nitro benzene ring substituents is 1. The van der Waals surface area contributed by atoms with Crippen LogP contribution >= 0.6 is 15.9 Å². The van der Waals surface area contributed by atoms with Gasteiger partial charge >= 0.3 is 0 Å². The number of likely N-dealkylation sites (tertiary alicyclic amines) is 1. The molecule has 0 bridgehead atoms. The molecule has 7 heteroatoms. The van der Waals surface area contributed by atoms with Gasteiger partial charge in [-0.1, -0.05) is 0 Å². The monoisotopic (exact) mass is 331 g/mol. The van der Waals surface area contributed by atoms with Crippen LogP contribution < -0.4 is 5.32 Å². The van der Waals surface area contributed by atoms with Gasteiger partial charge in [-0.15, -0.1) is 0 Å². The number of nitro groups is 1. The van der Waals surface area contributed by atoms with E-state index in [1.54, 1.807) is 0 Å². The molecule has 104 valence electrons. The lowest BCUT2D eigenvalue weighted by Gasteiger charge is -2.15. The number of anilines is 1. The molecule has 2 rings (SSSR count). The molecule has 1 saturated heterocycles. The molecule has 1 aliphatic heterocycles. The van der Waals surface area contributed by atoms with Crippen LogP contribution in [0.2, 0.25) is 0 Å². The molecule has 5 nitrogen and oxygen atoms in total. The fourth-order valence-electron chi connectivity index (χ4n) is 2.18. The Morgan fingerprint density at radius 2 is 2.11 bits per heavy atom. The predicted octanol–water partition coefficient (Wildman–Crippen LogP) is 3.00. The van der Waals surface area contributed by atoms with Crippen LogP contribution in [0.25, 0.3) is 0 Å². The van der Waals surface area contributed by atoms with Gasteiger partial charge in [-0.2, -0.15) is 0 Å². The Bertz CT molecular complexity index is 478. The van der Waals surface area contributed by atoms with Crippen molar-refractivity contribution in [2.45, 2.75) is 12.8 Å². The first-order valence-electron chi connectivity index (χ1n) is 6.17. The Morgan fingerprint density at radius 3 is 2.74 bits per heavy atom. The molecule has 1 fully saturated rings. The molecule has 0 saturated carbocycles. The average molecular weight is 332 g/mol. The van der Waals surface area contributed by atoms with Gasteiger partial charge in [0.2, 0.25) is 0 Å². The van der Waals surface area contributed by atoms with Gasteiger partial charge in [0, 0.05) is 13.1 Å². The van der Waals surface area contributed by atoms with E-state index in [1.807, 2.05) is 0 Å². The Balaban J connectivity index is 2.01. The Labute approximate surface area is 119 Å². The number of rotatable bonds is 5. The molecule has 0 radical (unpaired) electrons. The predicted molar refractivity (Wildman–Crippen MR) is 74.9 cm³/mol. The molecule has 1 aliphatic rings. The third-order valence-electron chi connectivity index (χ3n) is 3.18. The van der Waals surface area contributed by atoms with Crippen molar-refractivity contribution in [2.75, 3.05) is 31.5 Å². The maximum Gasteiger partial charge on any atom is 0.295 e. The number of hydrogen-bond acceptors (Lipinski definition) is 4. The van der Waals surface area contributed by atoms with E-state index in [0.29, 0.717) is 12.2 Å². The summed E-state index contributed by atoms with van der Waals surface area (Å²) < 4.78 is 13.5. The third kappa shape index (κ3) is 3.63. The SMILES string of the molecule is O=[N+]([O-])c1cc(F)c(Br)cc1NCCN1CCCC1. The number of benzene rings is 1. The van der Waals surface area contributed by atoms with Crippen LogP contribution in [0.4, 0.5) is 15.8 Å². The highest BCUT2D eigenvalue weighted by Crippen LogP contribution is 2.30.